The maximum atomic E-state index is 11.4. The van der Waals surface area contributed by atoms with Gasteiger partial charge in [0.2, 0.25) is 0 Å². The average Bonchev–Trinajstić information content (AvgIpc) is 2.72. The molecule has 0 saturated heterocycles. The minimum atomic E-state index is -0.239. The molecule has 0 aliphatic heterocycles. The van der Waals surface area contributed by atoms with Crippen LogP contribution in [0, 0.1) is 17.8 Å². The number of rotatable bonds is 4. The summed E-state index contributed by atoms with van der Waals surface area (Å²) >= 11 is 0. The summed E-state index contributed by atoms with van der Waals surface area (Å²) in [5.74, 6) is 5.61. The molecule has 1 aliphatic carbocycles. The molecule has 4 heteroatoms. The molecule has 1 heterocycles. The summed E-state index contributed by atoms with van der Waals surface area (Å²) in [5.41, 5.74) is 1.03. The topological polar surface area (TPSA) is 46.9 Å². The number of nitrogens with one attached hydrogen (secondary N) is 1. The molecule has 1 atom stereocenters. The molecule has 18 heavy (non-hydrogen) atoms. The van der Waals surface area contributed by atoms with Crippen LogP contribution in [0.3, 0.4) is 0 Å². The predicted molar refractivity (Wildman–Crippen MR) is 69.6 cm³/mol. The lowest BCUT2D eigenvalue weighted by Crippen LogP contribution is -2.24. The normalized spacial score (nSPS) is 16.3. The van der Waals surface area contributed by atoms with Gasteiger partial charge in [-0.3, -0.25) is 9.48 Å². The van der Waals surface area contributed by atoms with Crippen molar-refractivity contribution in [1.29, 1.82) is 0 Å². The first kappa shape index (κ1) is 12.7. The highest BCUT2D eigenvalue weighted by Gasteiger charge is 2.18. The van der Waals surface area contributed by atoms with Gasteiger partial charge in [0.1, 0.15) is 0 Å². The molecule has 1 unspecified atom stereocenters. The van der Waals surface area contributed by atoms with Crippen LogP contribution >= 0.6 is 0 Å². The van der Waals surface area contributed by atoms with E-state index in [1.165, 1.54) is 19.3 Å². The SMILES string of the molecule is CC#CC(=O)NC(C)c1cnn(CC2CCC2)c1. The van der Waals surface area contributed by atoms with Gasteiger partial charge in [0, 0.05) is 18.3 Å². The number of hydrogen-bond acceptors (Lipinski definition) is 2. The van der Waals surface area contributed by atoms with E-state index in [1.54, 1.807) is 6.92 Å². The van der Waals surface area contributed by atoms with Gasteiger partial charge in [-0.25, -0.2) is 0 Å². The quantitative estimate of drug-likeness (QED) is 0.823. The lowest BCUT2D eigenvalue weighted by atomic mass is 9.85. The van der Waals surface area contributed by atoms with Crippen molar-refractivity contribution in [2.75, 3.05) is 0 Å². The second-order valence-electron chi connectivity index (χ2n) is 4.86. The Bertz CT molecular complexity index is 477. The molecule has 1 N–H and O–H groups in total. The molecule has 0 radical (unpaired) electrons. The lowest BCUT2D eigenvalue weighted by Gasteiger charge is -2.24. The van der Waals surface area contributed by atoms with Crippen molar-refractivity contribution >= 4 is 5.91 Å². The van der Waals surface area contributed by atoms with E-state index in [4.69, 9.17) is 0 Å². The van der Waals surface area contributed by atoms with Crippen molar-refractivity contribution in [2.45, 2.75) is 45.7 Å². The maximum Gasteiger partial charge on any atom is 0.296 e. The van der Waals surface area contributed by atoms with Crippen molar-refractivity contribution in [3.8, 4) is 11.8 Å². The van der Waals surface area contributed by atoms with Crippen LogP contribution in [-0.4, -0.2) is 15.7 Å². The Labute approximate surface area is 108 Å². The number of carbonyl (C=O) groups excluding carboxylic acids is 1. The molecule has 0 aromatic carbocycles. The Morgan fingerprint density at radius 1 is 1.67 bits per heavy atom. The molecule has 1 amide bonds. The van der Waals surface area contributed by atoms with Gasteiger partial charge in [-0.15, -0.1) is 0 Å². The highest BCUT2D eigenvalue weighted by Crippen LogP contribution is 2.27. The van der Waals surface area contributed by atoms with Crippen LogP contribution in [-0.2, 0) is 11.3 Å². The summed E-state index contributed by atoms with van der Waals surface area (Å²) in [6.07, 6.45) is 7.81. The average molecular weight is 245 g/mol. The largest absolute Gasteiger partial charge is 0.339 e. The third kappa shape index (κ3) is 3.13. The number of carbonyl (C=O) groups is 1. The molecular weight excluding hydrogens is 226 g/mol. The van der Waals surface area contributed by atoms with Gasteiger partial charge in [0.05, 0.1) is 12.2 Å². The van der Waals surface area contributed by atoms with Crippen LogP contribution in [0.4, 0.5) is 0 Å². The summed E-state index contributed by atoms with van der Waals surface area (Å²) < 4.78 is 1.98. The van der Waals surface area contributed by atoms with Gasteiger partial charge in [0.25, 0.3) is 5.91 Å². The summed E-state index contributed by atoms with van der Waals surface area (Å²) in [5, 5.41) is 7.17. The van der Waals surface area contributed by atoms with Gasteiger partial charge in [0.15, 0.2) is 0 Å². The highest BCUT2D eigenvalue weighted by atomic mass is 16.1. The Balaban J connectivity index is 1.90. The minimum absolute atomic E-state index is 0.0477. The van der Waals surface area contributed by atoms with Gasteiger partial charge in [-0.2, -0.15) is 5.10 Å². The van der Waals surface area contributed by atoms with E-state index in [-0.39, 0.29) is 11.9 Å². The number of amides is 1. The van der Waals surface area contributed by atoms with Crippen molar-refractivity contribution in [1.82, 2.24) is 15.1 Å². The summed E-state index contributed by atoms with van der Waals surface area (Å²) in [4.78, 5) is 11.4. The van der Waals surface area contributed by atoms with Gasteiger partial charge in [-0.05, 0) is 38.5 Å². The van der Waals surface area contributed by atoms with Gasteiger partial charge in [-0.1, -0.05) is 12.3 Å². The van der Waals surface area contributed by atoms with E-state index >= 15 is 0 Å². The second-order valence-corrected chi connectivity index (χ2v) is 4.86. The molecule has 1 saturated carbocycles. The molecule has 1 aromatic rings. The first-order chi connectivity index (χ1) is 8.69. The molecule has 0 bridgehead atoms. The summed E-state index contributed by atoms with van der Waals surface area (Å²) in [6, 6.07) is -0.0477. The minimum Gasteiger partial charge on any atom is -0.339 e. The van der Waals surface area contributed by atoms with Crippen molar-refractivity contribution < 1.29 is 4.79 Å². The van der Waals surface area contributed by atoms with Gasteiger partial charge < -0.3 is 5.32 Å². The zero-order valence-corrected chi connectivity index (χ0v) is 10.9. The van der Waals surface area contributed by atoms with Crippen LogP contribution < -0.4 is 5.32 Å². The zero-order chi connectivity index (χ0) is 13.0. The Hall–Kier alpha value is -1.76. The summed E-state index contributed by atoms with van der Waals surface area (Å²) in [7, 11) is 0. The van der Waals surface area contributed by atoms with Crippen molar-refractivity contribution in [3.63, 3.8) is 0 Å². The molecule has 0 spiro atoms. The molecule has 4 nitrogen and oxygen atoms in total. The first-order valence-electron chi connectivity index (χ1n) is 6.44. The van der Waals surface area contributed by atoms with Crippen LogP contribution in [0.5, 0.6) is 0 Å². The van der Waals surface area contributed by atoms with E-state index in [0.29, 0.717) is 0 Å². The molecular formula is C14H19N3O. The van der Waals surface area contributed by atoms with E-state index in [1.807, 2.05) is 24.0 Å². The standard InChI is InChI=1S/C14H19N3O/c1-3-5-14(18)16-11(2)13-8-15-17(10-13)9-12-6-4-7-12/h8,10-12H,4,6-7,9H2,1-2H3,(H,16,18). The third-order valence-corrected chi connectivity index (χ3v) is 3.41. The van der Waals surface area contributed by atoms with E-state index in [2.05, 4.69) is 22.3 Å². The molecule has 1 fully saturated rings. The molecule has 1 aromatic heterocycles. The maximum absolute atomic E-state index is 11.4. The monoisotopic (exact) mass is 245 g/mol. The van der Waals surface area contributed by atoms with Crippen molar-refractivity contribution in [2.24, 2.45) is 5.92 Å². The fourth-order valence-corrected chi connectivity index (χ4v) is 2.07. The Morgan fingerprint density at radius 3 is 3.06 bits per heavy atom. The zero-order valence-electron chi connectivity index (χ0n) is 10.9. The molecule has 2 rings (SSSR count). The van der Waals surface area contributed by atoms with E-state index in [9.17, 15) is 4.79 Å². The van der Waals surface area contributed by atoms with Crippen molar-refractivity contribution in [3.05, 3.63) is 18.0 Å². The number of hydrogen-bond donors (Lipinski definition) is 1. The van der Waals surface area contributed by atoms with Crippen LogP contribution in [0.2, 0.25) is 0 Å². The predicted octanol–water partition coefficient (Wildman–Crippen LogP) is 1.88. The second kappa shape index (κ2) is 5.72. The third-order valence-electron chi connectivity index (χ3n) is 3.41. The number of nitrogens with zero attached hydrogens (tertiary/aromatic N) is 2. The van der Waals surface area contributed by atoms with E-state index < -0.39 is 0 Å². The molecule has 96 valence electrons. The van der Waals surface area contributed by atoms with Gasteiger partial charge >= 0.3 is 0 Å². The van der Waals surface area contributed by atoms with Crippen LogP contribution in [0.15, 0.2) is 12.4 Å². The first-order valence-corrected chi connectivity index (χ1v) is 6.44. The highest BCUT2D eigenvalue weighted by molar-refractivity contribution is 5.93. The Morgan fingerprint density at radius 2 is 2.44 bits per heavy atom. The summed E-state index contributed by atoms with van der Waals surface area (Å²) in [6.45, 7) is 4.59. The fourth-order valence-electron chi connectivity index (χ4n) is 2.07. The fraction of sp³-hybridized carbons (Fsp3) is 0.571. The van der Waals surface area contributed by atoms with Crippen LogP contribution in [0.1, 0.15) is 44.7 Å². The number of aromatic nitrogens is 2. The molecule has 1 aliphatic rings. The lowest BCUT2D eigenvalue weighted by molar-refractivity contribution is -0.116. The van der Waals surface area contributed by atoms with Crippen LogP contribution in [0.25, 0.3) is 0 Å². The smallest absolute Gasteiger partial charge is 0.296 e. The Kier molecular flexibility index (Phi) is 4.03. The van der Waals surface area contributed by atoms with E-state index in [0.717, 1.165) is 18.0 Å².